The normalized spacial score (nSPS) is 23.1. The Morgan fingerprint density at radius 1 is 1.38 bits per heavy atom. The Morgan fingerprint density at radius 3 is 3.00 bits per heavy atom. The Morgan fingerprint density at radius 2 is 2.31 bits per heavy atom. The largest absolute Gasteiger partial charge is 0.0995 e. The highest BCUT2D eigenvalue weighted by molar-refractivity contribution is 5.28. The summed E-state index contributed by atoms with van der Waals surface area (Å²) in [5, 5.41) is 0. The van der Waals surface area contributed by atoms with E-state index in [9.17, 15) is 0 Å². The lowest BCUT2D eigenvalue weighted by atomic mass is 9.82. The third-order valence-corrected chi connectivity index (χ3v) is 2.58. The average molecular weight is 170 g/mol. The van der Waals surface area contributed by atoms with E-state index in [4.69, 9.17) is 0 Å². The lowest BCUT2D eigenvalue weighted by molar-refractivity contribution is 0.602. The van der Waals surface area contributed by atoms with Gasteiger partial charge in [0.15, 0.2) is 0 Å². The van der Waals surface area contributed by atoms with Crippen LogP contribution < -0.4 is 0 Å². The van der Waals surface area contributed by atoms with Gasteiger partial charge in [-0.15, -0.1) is 0 Å². The van der Waals surface area contributed by atoms with Crippen LogP contribution in [-0.4, -0.2) is 0 Å². The second kappa shape index (κ2) is 3.78. The van der Waals surface area contributed by atoms with E-state index in [1.807, 2.05) is 12.1 Å². The van der Waals surface area contributed by atoms with Crippen molar-refractivity contribution in [1.29, 1.82) is 0 Å². The maximum atomic E-state index is 4.02. The van der Waals surface area contributed by atoms with Crippen molar-refractivity contribution in [2.24, 2.45) is 0 Å². The summed E-state index contributed by atoms with van der Waals surface area (Å²) in [6, 6.07) is 11.5. The molecule has 13 heavy (non-hydrogen) atoms. The van der Waals surface area contributed by atoms with Gasteiger partial charge in [0.2, 0.25) is 0 Å². The Kier molecular flexibility index (Phi) is 2.49. The molecule has 0 N–H and O–H groups in total. The number of hydrogen-bond donors (Lipinski definition) is 0. The van der Waals surface area contributed by atoms with Gasteiger partial charge in [0.05, 0.1) is 0 Å². The van der Waals surface area contributed by atoms with E-state index in [2.05, 4.69) is 31.2 Å². The van der Waals surface area contributed by atoms with E-state index in [0.29, 0.717) is 5.92 Å². The molecule has 0 amide bonds. The van der Waals surface area contributed by atoms with Gasteiger partial charge < -0.3 is 0 Å². The van der Waals surface area contributed by atoms with Gasteiger partial charge in [-0.1, -0.05) is 36.4 Å². The smallest absolute Gasteiger partial charge is 0.00654 e. The van der Waals surface area contributed by atoms with Crippen LogP contribution in [0.5, 0.6) is 0 Å². The van der Waals surface area contributed by atoms with Crippen molar-refractivity contribution in [2.45, 2.75) is 25.2 Å². The first-order valence-electron chi connectivity index (χ1n) is 4.85. The van der Waals surface area contributed by atoms with E-state index in [1.165, 1.54) is 30.4 Å². The minimum absolute atomic E-state index is 0.558. The molecule has 0 saturated heterocycles. The van der Waals surface area contributed by atoms with Crippen LogP contribution in [0.1, 0.15) is 30.7 Å². The summed E-state index contributed by atoms with van der Waals surface area (Å²) in [6.07, 6.45) is 5.97. The molecule has 0 spiro atoms. The molecule has 0 nitrogen and oxygen atoms in total. The molecule has 0 aromatic heterocycles. The first-order chi connectivity index (χ1) is 6.36. The summed E-state index contributed by atoms with van der Waals surface area (Å²) in [7, 11) is 0. The standard InChI is InChI=1S/C13H14/c1-11-6-5-9-13(10-11)12-7-3-2-4-8-12/h2-4,7,10,13H,1,5-6,9H2. The number of allylic oxidation sites excluding steroid dienone is 1. The van der Waals surface area contributed by atoms with Crippen LogP contribution in [0.15, 0.2) is 36.4 Å². The highest BCUT2D eigenvalue weighted by Crippen LogP contribution is 2.33. The fourth-order valence-electron chi connectivity index (χ4n) is 1.88. The molecule has 1 saturated carbocycles. The molecule has 0 bridgehead atoms. The SMILES string of the molecule is C=C1[CH]C(c2[c]cccc2)CCC1. The number of rotatable bonds is 1. The molecule has 1 fully saturated rings. The predicted molar refractivity (Wildman–Crippen MR) is 55.3 cm³/mol. The quantitative estimate of drug-likeness (QED) is 0.605. The highest BCUT2D eigenvalue weighted by atomic mass is 14.2. The monoisotopic (exact) mass is 170 g/mol. The topological polar surface area (TPSA) is 0 Å². The van der Waals surface area contributed by atoms with Crippen molar-refractivity contribution < 1.29 is 0 Å². The van der Waals surface area contributed by atoms with Crippen LogP contribution in [0.25, 0.3) is 0 Å². The molecular formula is C13H14. The summed E-state index contributed by atoms with van der Waals surface area (Å²) >= 11 is 0. The van der Waals surface area contributed by atoms with Gasteiger partial charge in [-0.3, -0.25) is 0 Å². The van der Waals surface area contributed by atoms with Crippen molar-refractivity contribution in [3.8, 4) is 0 Å². The Bertz CT molecular complexity index is 284. The van der Waals surface area contributed by atoms with Gasteiger partial charge >= 0.3 is 0 Å². The van der Waals surface area contributed by atoms with E-state index < -0.39 is 0 Å². The van der Waals surface area contributed by atoms with E-state index in [0.717, 1.165) is 0 Å². The average Bonchev–Trinajstić information content (AvgIpc) is 2.19. The molecular weight excluding hydrogens is 156 g/mol. The van der Waals surface area contributed by atoms with Crippen LogP contribution in [0.3, 0.4) is 0 Å². The Labute approximate surface area is 80.3 Å². The number of hydrogen-bond acceptors (Lipinski definition) is 0. The maximum absolute atomic E-state index is 4.02. The van der Waals surface area contributed by atoms with Gasteiger partial charge in [-0.2, -0.15) is 0 Å². The fraction of sp³-hybridized carbons (Fsp3) is 0.308. The molecule has 2 radical (unpaired) electrons. The zero-order chi connectivity index (χ0) is 9.10. The molecule has 0 heterocycles. The third-order valence-electron chi connectivity index (χ3n) is 2.58. The van der Waals surface area contributed by atoms with Crippen molar-refractivity contribution in [3.63, 3.8) is 0 Å². The molecule has 1 aliphatic rings. The van der Waals surface area contributed by atoms with Crippen molar-refractivity contribution in [3.05, 3.63) is 54.5 Å². The zero-order valence-electron chi connectivity index (χ0n) is 7.79. The molecule has 66 valence electrons. The van der Waals surface area contributed by atoms with Gasteiger partial charge in [0, 0.05) is 0 Å². The molecule has 1 aromatic rings. The van der Waals surface area contributed by atoms with Crippen LogP contribution in [0.2, 0.25) is 0 Å². The van der Waals surface area contributed by atoms with Crippen molar-refractivity contribution in [2.75, 3.05) is 0 Å². The highest BCUT2D eigenvalue weighted by Gasteiger charge is 2.17. The summed E-state index contributed by atoms with van der Waals surface area (Å²) in [6.45, 7) is 4.02. The van der Waals surface area contributed by atoms with E-state index >= 15 is 0 Å². The first-order valence-corrected chi connectivity index (χ1v) is 4.85. The van der Waals surface area contributed by atoms with Gasteiger partial charge in [0.25, 0.3) is 0 Å². The molecule has 1 unspecified atom stereocenters. The molecule has 1 aliphatic carbocycles. The Hall–Kier alpha value is -1.04. The minimum atomic E-state index is 0.558. The van der Waals surface area contributed by atoms with E-state index in [-0.39, 0.29) is 0 Å². The van der Waals surface area contributed by atoms with Crippen LogP contribution >= 0.6 is 0 Å². The van der Waals surface area contributed by atoms with Gasteiger partial charge in [0.1, 0.15) is 0 Å². The molecule has 1 aromatic carbocycles. The second-order valence-electron chi connectivity index (χ2n) is 3.64. The second-order valence-corrected chi connectivity index (χ2v) is 3.64. The molecule has 0 aliphatic heterocycles. The zero-order valence-corrected chi connectivity index (χ0v) is 7.79. The minimum Gasteiger partial charge on any atom is -0.0995 e. The predicted octanol–water partition coefficient (Wildman–Crippen LogP) is 3.51. The van der Waals surface area contributed by atoms with Crippen LogP contribution in [0, 0.1) is 12.5 Å². The summed E-state index contributed by atoms with van der Waals surface area (Å²) in [4.78, 5) is 0. The molecule has 0 heteroatoms. The Balaban J connectivity index is 2.13. The summed E-state index contributed by atoms with van der Waals surface area (Å²) in [5.41, 5.74) is 2.59. The third kappa shape index (κ3) is 2.00. The molecule has 2 rings (SSSR count). The van der Waals surface area contributed by atoms with Crippen LogP contribution in [-0.2, 0) is 0 Å². The van der Waals surface area contributed by atoms with Crippen molar-refractivity contribution >= 4 is 0 Å². The lowest BCUT2D eigenvalue weighted by Gasteiger charge is -2.23. The maximum Gasteiger partial charge on any atom is -0.00654 e. The van der Waals surface area contributed by atoms with Gasteiger partial charge in [-0.05, 0) is 43.2 Å². The summed E-state index contributed by atoms with van der Waals surface area (Å²) in [5.74, 6) is 0.558. The molecule has 1 atom stereocenters. The van der Waals surface area contributed by atoms with Gasteiger partial charge in [-0.25, -0.2) is 0 Å². The lowest BCUT2D eigenvalue weighted by Crippen LogP contribution is -2.06. The fourth-order valence-corrected chi connectivity index (χ4v) is 1.88. The first kappa shape index (κ1) is 8.55. The van der Waals surface area contributed by atoms with E-state index in [1.54, 1.807) is 0 Å². The van der Waals surface area contributed by atoms with Crippen LogP contribution in [0.4, 0.5) is 0 Å². The summed E-state index contributed by atoms with van der Waals surface area (Å²) < 4.78 is 0. The van der Waals surface area contributed by atoms with Crippen molar-refractivity contribution in [1.82, 2.24) is 0 Å². The number of benzene rings is 1.